The van der Waals surface area contributed by atoms with Crippen molar-refractivity contribution >= 4 is 34.5 Å². The van der Waals surface area contributed by atoms with Crippen LogP contribution in [0, 0.1) is 5.82 Å². The molecule has 0 fully saturated rings. The molecule has 0 aliphatic heterocycles. The van der Waals surface area contributed by atoms with Gasteiger partial charge in [0.2, 0.25) is 11.7 Å². The number of hydrogen-bond donors (Lipinski definition) is 2. The third-order valence-corrected chi connectivity index (χ3v) is 5.02. The average Bonchev–Trinajstić information content (AvgIpc) is 3.19. The second-order valence-electron chi connectivity index (χ2n) is 5.90. The molecular formula is C18H16FN5OS. The molecule has 26 heavy (non-hydrogen) atoms. The molecule has 1 atom stereocenters. The lowest BCUT2D eigenvalue weighted by atomic mass is 10.1. The molecule has 4 aromatic rings. The second kappa shape index (κ2) is 6.80. The Balaban J connectivity index is 1.44. The number of nitrogens with zero attached hydrogens (tertiary/aromatic N) is 3. The van der Waals surface area contributed by atoms with Gasteiger partial charge in [0.15, 0.2) is 5.16 Å². The van der Waals surface area contributed by atoms with Crippen LogP contribution >= 0.6 is 11.8 Å². The summed E-state index contributed by atoms with van der Waals surface area (Å²) in [7, 11) is 0. The summed E-state index contributed by atoms with van der Waals surface area (Å²) in [5, 5.41) is 10.7. The maximum absolute atomic E-state index is 13.0. The van der Waals surface area contributed by atoms with Gasteiger partial charge in [0.05, 0.1) is 22.8 Å². The number of para-hydroxylation sites is 2. The van der Waals surface area contributed by atoms with Gasteiger partial charge in [-0.25, -0.2) is 14.5 Å². The van der Waals surface area contributed by atoms with E-state index in [0.29, 0.717) is 10.9 Å². The number of halogens is 1. The Morgan fingerprint density at radius 2 is 2.04 bits per heavy atom. The first-order valence-electron chi connectivity index (χ1n) is 8.11. The molecule has 2 aromatic heterocycles. The summed E-state index contributed by atoms with van der Waals surface area (Å²) >= 11 is 1.33. The van der Waals surface area contributed by atoms with Crippen LogP contribution in [0.1, 0.15) is 18.5 Å². The Labute approximate surface area is 152 Å². The maximum Gasteiger partial charge on any atom is 0.231 e. The van der Waals surface area contributed by atoms with E-state index in [4.69, 9.17) is 0 Å². The molecule has 2 heterocycles. The van der Waals surface area contributed by atoms with Crippen LogP contribution in [0.4, 0.5) is 4.39 Å². The largest absolute Gasteiger partial charge is 0.349 e. The van der Waals surface area contributed by atoms with Gasteiger partial charge in [-0.3, -0.25) is 9.20 Å². The van der Waals surface area contributed by atoms with Crippen LogP contribution in [0.5, 0.6) is 0 Å². The van der Waals surface area contributed by atoms with Crippen LogP contribution in [0.3, 0.4) is 0 Å². The number of amides is 1. The summed E-state index contributed by atoms with van der Waals surface area (Å²) in [6.07, 6.45) is 0. The van der Waals surface area contributed by atoms with Crippen molar-refractivity contribution in [3.05, 3.63) is 59.9 Å². The third-order valence-electron chi connectivity index (χ3n) is 4.08. The van der Waals surface area contributed by atoms with Gasteiger partial charge in [-0.15, -0.1) is 5.10 Å². The predicted octanol–water partition coefficient (Wildman–Crippen LogP) is 3.32. The van der Waals surface area contributed by atoms with Crippen molar-refractivity contribution in [2.24, 2.45) is 0 Å². The number of imidazole rings is 1. The van der Waals surface area contributed by atoms with E-state index < -0.39 is 0 Å². The number of fused-ring (bicyclic) bond motifs is 3. The first kappa shape index (κ1) is 16.6. The molecule has 0 saturated heterocycles. The Hall–Kier alpha value is -2.87. The molecule has 2 aromatic carbocycles. The maximum atomic E-state index is 13.0. The smallest absolute Gasteiger partial charge is 0.231 e. The summed E-state index contributed by atoms with van der Waals surface area (Å²) < 4.78 is 14.9. The monoisotopic (exact) mass is 369 g/mol. The fourth-order valence-corrected chi connectivity index (χ4v) is 3.55. The highest BCUT2D eigenvalue weighted by Gasteiger charge is 2.15. The van der Waals surface area contributed by atoms with Gasteiger partial charge in [-0.1, -0.05) is 36.0 Å². The van der Waals surface area contributed by atoms with Crippen LogP contribution in [-0.2, 0) is 4.79 Å². The van der Waals surface area contributed by atoms with Gasteiger partial charge in [0, 0.05) is 0 Å². The van der Waals surface area contributed by atoms with Crippen molar-refractivity contribution in [2.75, 3.05) is 5.75 Å². The predicted molar refractivity (Wildman–Crippen MR) is 98.5 cm³/mol. The molecule has 8 heteroatoms. The number of carbonyl (C=O) groups is 1. The highest BCUT2D eigenvalue weighted by atomic mass is 32.2. The summed E-state index contributed by atoms with van der Waals surface area (Å²) in [6, 6.07) is 13.7. The SMILES string of the molecule is CC(NC(=O)CSc1n[nH]c2nc3ccccc3n12)c1ccc(F)cc1. The van der Waals surface area contributed by atoms with Crippen molar-refractivity contribution in [3.63, 3.8) is 0 Å². The molecule has 0 spiro atoms. The van der Waals surface area contributed by atoms with Crippen LogP contribution in [0.2, 0.25) is 0 Å². The van der Waals surface area contributed by atoms with Crippen molar-refractivity contribution in [1.82, 2.24) is 24.9 Å². The van der Waals surface area contributed by atoms with E-state index in [1.165, 1.54) is 23.9 Å². The standard InChI is InChI=1S/C18H16FN5OS/c1-11(12-6-8-13(19)9-7-12)20-16(25)10-26-18-23-22-17-21-14-4-2-3-5-15(14)24(17)18/h2-9,11H,10H2,1H3,(H,20,25)(H,21,22). The Morgan fingerprint density at radius 3 is 2.85 bits per heavy atom. The van der Waals surface area contributed by atoms with Crippen LogP contribution in [0.15, 0.2) is 53.7 Å². The van der Waals surface area contributed by atoms with E-state index in [1.807, 2.05) is 35.6 Å². The fraction of sp³-hybridized carbons (Fsp3) is 0.167. The lowest BCUT2D eigenvalue weighted by molar-refractivity contribution is -0.119. The lowest BCUT2D eigenvalue weighted by Gasteiger charge is -2.14. The van der Waals surface area contributed by atoms with Gasteiger partial charge in [-0.2, -0.15) is 0 Å². The quantitative estimate of drug-likeness (QED) is 0.529. The van der Waals surface area contributed by atoms with E-state index in [1.54, 1.807) is 12.1 Å². The van der Waals surface area contributed by atoms with Gasteiger partial charge in [0.25, 0.3) is 0 Å². The van der Waals surface area contributed by atoms with Crippen molar-refractivity contribution in [2.45, 2.75) is 18.1 Å². The number of nitrogens with one attached hydrogen (secondary N) is 2. The Morgan fingerprint density at radius 1 is 1.27 bits per heavy atom. The summed E-state index contributed by atoms with van der Waals surface area (Å²) in [5.74, 6) is 0.456. The van der Waals surface area contributed by atoms with E-state index in [-0.39, 0.29) is 23.5 Å². The molecule has 4 rings (SSSR count). The second-order valence-corrected chi connectivity index (χ2v) is 6.84. The van der Waals surface area contributed by atoms with Crippen molar-refractivity contribution in [3.8, 4) is 0 Å². The molecule has 0 bridgehead atoms. The molecule has 132 valence electrons. The molecule has 1 amide bonds. The van der Waals surface area contributed by atoms with Gasteiger partial charge >= 0.3 is 0 Å². The van der Waals surface area contributed by atoms with Gasteiger partial charge in [0.1, 0.15) is 5.82 Å². The van der Waals surface area contributed by atoms with E-state index in [9.17, 15) is 9.18 Å². The first-order valence-corrected chi connectivity index (χ1v) is 9.09. The molecular weight excluding hydrogens is 353 g/mol. The highest BCUT2D eigenvalue weighted by Crippen LogP contribution is 2.23. The van der Waals surface area contributed by atoms with E-state index in [2.05, 4.69) is 20.5 Å². The zero-order valence-corrected chi connectivity index (χ0v) is 14.8. The molecule has 1 unspecified atom stereocenters. The van der Waals surface area contributed by atoms with E-state index in [0.717, 1.165) is 16.6 Å². The topological polar surface area (TPSA) is 75.1 Å². The fourth-order valence-electron chi connectivity index (χ4n) is 2.79. The number of thioether (sulfide) groups is 1. The third kappa shape index (κ3) is 3.15. The zero-order valence-electron chi connectivity index (χ0n) is 13.9. The summed E-state index contributed by atoms with van der Waals surface area (Å²) in [4.78, 5) is 16.7. The normalized spacial score (nSPS) is 12.5. The minimum absolute atomic E-state index is 0.118. The molecule has 6 nitrogen and oxygen atoms in total. The molecule has 2 N–H and O–H groups in total. The van der Waals surface area contributed by atoms with Crippen molar-refractivity contribution in [1.29, 1.82) is 0 Å². The molecule has 0 saturated carbocycles. The Bertz CT molecular complexity index is 1070. The number of H-pyrrole nitrogens is 1. The first-order chi connectivity index (χ1) is 12.6. The minimum atomic E-state index is -0.294. The van der Waals surface area contributed by atoms with Gasteiger partial charge in [-0.05, 0) is 36.8 Å². The van der Waals surface area contributed by atoms with Crippen LogP contribution < -0.4 is 5.32 Å². The number of aromatic nitrogens is 4. The minimum Gasteiger partial charge on any atom is -0.349 e. The number of benzene rings is 2. The molecule has 0 aliphatic rings. The van der Waals surface area contributed by atoms with Crippen LogP contribution in [-0.4, -0.2) is 31.2 Å². The highest BCUT2D eigenvalue weighted by molar-refractivity contribution is 7.99. The lowest BCUT2D eigenvalue weighted by Crippen LogP contribution is -2.28. The zero-order chi connectivity index (χ0) is 18.1. The van der Waals surface area contributed by atoms with Gasteiger partial charge < -0.3 is 5.32 Å². The molecule has 0 radical (unpaired) electrons. The number of rotatable bonds is 5. The summed E-state index contributed by atoms with van der Waals surface area (Å²) in [5.41, 5.74) is 2.67. The van der Waals surface area contributed by atoms with Crippen LogP contribution in [0.25, 0.3) is 16.8 Å². The molecule has 0 aliphatic carbocycles. The number of carbonyl (C=O) groups excluding carboxylic acids is 1. The van der Waals surface area contributed by atoms with E-state index >= 15 is 0 Å². The average molecular weight is 369 g/mol. The number of aromatic amines is 1. The number of hydrogen-bond acceptors (Lipinski definition) is 4. The summed E-state index contributed by atoms with van der Waals surface area (Å²) in [6.45, 7) is 1.87. The van der Waals surface area contributed by atoms with Crippen molar-refractivity contribution < 1.29 is 9.18 Å². The Kier molecular flexibility index (Phi) is 4.34.